The molecule has 0 aromatic heterocycles. The largest absolute Gasteiger partial charge is 0.497 e. The third kappa shape index (κ3) is 6.74. The summed E-state index contributed by atoms with van der Waals surface area (Å²) < 4.78 is 10.7. The average molecular weight is 482 g/mol. The molecule has 2 atom stereocenters. The van der Waals surface area contributed by atoms with Gasteiger partial charge in [0.05, 0.1) is 32.7 Å². The van der Waals surface area contributed by atoms with Gasteiger partial charge in [0, 0.05) is 25.1 Å². The predicted molar refractivity (Wildman–Crippen MR) is 133 cm³/mol. The number of carbonyl (C=O) groups excluding carboxylic acids is 3. The van der Waals surface area contributed by atoms with Gasteiger partial charge in [-0.15, -0.1) is 0 Å². The van der Waals surface area contributed by atoms with Crippen molar-refractivity contribution in [2.45, 2.75) is 45.2 Å². The zero-order valence-corrected chi connectivity index (χ0v) is 20.7. The minimum atomic E-state index is -0.477. The molecule has 2 N–H and O–H groups in total. The second-order valence-electron chi connectivity index (χ2n) is 8.62. The van der Waals surface area contributed by atoms with Gasteiger partial charge in [0.15, 0.2) is 0 Å². The van der Waals surface area contributed by atoms with Crippen molar-refractivity contribution in [2.24, 2.45) is 5.92 Å². The molecule has 2 aromatic rings. The van der Waals surface area contributed by atoms with Crippen LogP contribution < -0.4 is 20.1 Å². The highest BCUT2D eigenvalue weighted by Crippen LogP contribution is 2.40. The third-order valence-corrected chi connectivity index (χ3v) is 6.33. The van der Waals surface area contributed by atoms with Crippen molar-refractivity contribution in [3.05, 3.63) is 59.7 Å². The van der Waals surface area contributed by atoms with Crippen molar-refractivity contribution < 1.29 is 23.9 Å². The van der Waals surface area contributed by atoms with Crippen LogP contribution in [0.3, 0.4) is 0 Å². The van der Waals surface area contributed by atoms with E-state index in [-0.39, 0.29) is 24.3 Å². The number of ether oxygens (including phenoxy) is 2. The highest BCUT2D eigenvalue weighted by Gasteiger charge is 2.41. The summed E-state index contributed by atoms with van der Waals surface area (Å²) in [6.07, 6.45) is 2.51. The molecule has 1 fully saturated rings. The number of unbranched alkanes of at least 4 members (excludes halogenated alkanes) is 1. The van der Waals surface area contributed by atoms with E-state index in [1.807, 2.05) is 48.5 Å². The van der Waals surface area contributed by atoms with E-state index in [0.29, 0.717) is 31.7 Å². The molecular formula is C27H35N3O5. The number of nitrogens with zero attached hydrogens (tertiary/aromatic N) is 1. The van der Waals surface area contributed by atoms with Gasteiger partial charge < -0.3 is 25.0 Å². The summed E-state index contributed by atoms with van der Waals surface area (Å²) in [7, 11) is 3.19. The van der Waals surface area contributed by atoms with Crippen LogP contribution in [0.25, 0.3) is 0 Å². The molecule has 2 unspecified atom stereocenters. The van der Waals surface area contributed by atoms with E-state index >= 15 is 0 Å². The van der Waals surface area contributed by atoms with Crippen molar-refractivity contribution in [3.8, 4) is 11.5 Å². The van der Waals surface area contributed by atoms with Gasteiger partial charge in [0.1, 0.15) is 11.5 Å². The Balaban J connectivity index is 1.68. The highest BCUT2D eigenvalue weighted by molar-refractivity contribution is 5.88. The number of methoxy groups -OCH3 is 2. The zero-order chi connectivity index (χ0) is 25.2. The molecular weight excluding hydrogens is 446 g/mol. The van der Waals surface area contributed by atoms with Crippen LogP contribution in [0.15, 0.2) is 48.5 Å². The molecule has 8 heteroatoms. The Kier molecular flexibility index (Phi) is 9.52. The lowest BCUT2D eigenvalue weighted by Gasteiger charge is -2.41. The van der Waals surface area contributed by atoms with Crippen molar-refractivity contribution >= 4 is 17.7 Å². The lowest BCUT2D eigenvalue weighted by atomic mass is 9.83. The number of hydrogen-bond acceptors (Lipinski definition) is 5. The molecule has 0 aliphatic carbocycles. The van der Waals surface area contributed by atoms with Crippen molar-refractivity contribution in [1.29, 1.82) is 0 Å². The number of benzene rings is 2. The maximum Gasteiger partial charge on any atom is 0.239 e. The Labute approximate surface area is 207 Å². The van der Waals surface area contributed by atoms with Gasteiger partial charge in [-0.3, -0.25) is 14.4 Å². The van der Waals surface area contributed by atoms with E-state index in [2.05, 4.69) is 17.6 Å². The molecule has 3 rings (SSSR count). The first-order chi connectivity index (χ1) is 17.0. The average Bonchev–Trinajstić information content (AvgIpc) is 2.89. The second-order valence-corrected chi connectivity index (χ2v) is 8.62. The van der Waals surface area contributed by atoms with Gasteiger partial charge in [-0.1, -0.05) is 43.7 Å². The van der Waals surface area contributed by atoms with E-state index in [9.17, 15) is 14.4 Å². The predicted octanol–water partition coefficient (Wildman–Crippen LogP) is 3.22. The fourth-order valence-corrected chi connectivity index (χ4v) is 4.42. The minimum absolute atomic E-state index is 0.0376. The van der Waals surface area contributed by atoms with Crippen LogP contribution in [-0.2, 0) is 20.9 Å². The van der Waals surface area contributed by atoms with Crippen molar-refractivity contribution in [3.63, 3.8) is 0 Å². The summed E-state index contributed by atoms with van der Waals surface area (Å²) in [6, 6.07) is 14.5. The molecule has 1 aliphatic rings. The van der Waals surface area contributed by atoms with Gasteiger partial charge in [0.2, 0.25) is 17.7 Å². The summed E-state index contributed by atoms with van der Waals surface area (Å²) >= 11 is 0. The first kappa shape index (κ1) is 26.1. The molecule has 188 valence electrons. The van der Waals surface area contributed by atoms with Gasteiger partial charge in [-0.05, 0) is 36.6 Å². The Bertz CT molecular complexity index is 1010. The van der Waals surface area contributed by atoms with Gasteiger partial charge in [-0.2, -0.15) is 0 Å². The molecule has 1 saturated heterocycles. The van der Waals surface area contributed by atoms with Crippen LogP contribution in [0.4, 0.5) is 0 Å². The Morgan fingerprint density at radius 3 is 2.46 bits per heavy atom. The van der Waals surface area contributed by atoms with Crippen LogP contribution >= 0.6 is 0 Å². The summed E-state index contributed by atoms with van der Waals surface area (Å²) in [6.45, 7) is 2.86. The van der Waals surface area contributed by atoms with Crippen LogP contribution in [0.2, 0.25) is 0 Å². The Morgan fingerprint density at radius 1 is 1.03 bits per heavy atom. The Morgan fingerprint density at radius 2 is 1.77 bits per heavy atom. The van der Waals surface area contributed by atoms with Gasteiger partial charge >= 0.3 is 0 Å². The first-order valence-corrected chi connectivity index (χ1v) is 12.1. The summed E-state index contributed by atoms with van der Waals surface area (Å²) in [5.74, 6) is 0.428. The molecule has 2 aromatic carbocycles. The number of rotatable bonds is 11. The lowest BCUT2D eigenvalue weighted by molar-refractivity contribution is -0.144. The number of amides is 3. The monoisotopic (exact) mass is 481 g/mol. The van der Waals surface area contributed by atoms with E-state index < -0.39 is 12.0 Å². The number of likely N-dealkylation sites (tertiary alicyclic amines) is 1. The number of nitrogens with one attached hydrogen (secondary N) is 2. The minimum Gasteiger partial charge on any atom is -0.497 e. The number of carbonyl (C=O) groups is 3. The maximum atomic E-state index is 13.3. The van der Waals surface area contributed by atoms with Crippen molar-refractivity contribution in [2.75, 3.05) is 27.3 Å². The third-order valence-electron chi connectivity index (χ3n) is 6.33. The summed E-state index contributed by atoms with van der Waals surface area (Å²) in [5.41, 5.74) is 1.74. The number of para-hydroxylation sites is 1. The van der Waals surface area contributed by atoms with Crippen LogP contribution in [-0.4, -0.2) is 49.9 Å². The van der Waals surface area contributed by atoms with E-state index in [4.69, 9.17) is 9.47 Å². The number of piperidine rings is 1. The van der Waals surface area contributed by atoms with E-state index in [0.717, 1.165) is 29.7 Å². The molecule has 0 saturated carbocycles. The van der Waals surface area contributed by atoms with Crippen LogP contribution in [0.1, 0.15) is 49.8 Å². The van der Waals surface area contributed by atoms with E-state index in [1.54, 1.807) is 19.1 Å². The molecule has 0 bridgehead atoms. The maximum absolute atomic E-state index is 13.3. The summed E-state index contributed by atoms with van der Waals surface area (Å²) in [4.78, 5) is 40.3. The molecule has 1 heterocycles. The van der Waals surface area contributed by atoms with Crippen molar-refractivity contribution in [1.82, 2.24) is 15.5 Å². The topological polar surface area (TPSA) is 97.0 Å². The van der Waals surface area contributed by atoms with Crippen LogP contribution in [0, 0.1) is 5.92 Å². The Hall–Kier alpha value is -3.55. The lowest BCUT2D eigenvalue weighted by Crippen LogP contribution is -2.49. The molecule has 0 spiro atoms. The van der Waals surface area contributed by atoms with Gasteiger partial charge in [0.25, 0.3) is 0 Å². The fraction of sp³-hybridized carbons (Fsp3) is 0.444. The normalized spacial score (nSPS) is 17.6. The standard InChI is InChI=1S/C27H35N3O5/c1-4-5-16-30-25(32)15-14-22(26(30)21-8-6-7-9-23(21)35-3)27(33)29-18-24(31)28-17-19-10-12-20(34-2)13-11-19/h6-13,22,26H,4-5,14-18H2,1-3H3,(H,28,31)(H,29,33). The molecule has 8 nitrogen and oxygen atoms in total. The van der Waals surface area contributed by atoms with Crippen LogP contribution in [0.5, 0.6) is 11.5 Å². The van der Waals surface area contributed by atoms with Gasteiger partial charge in [-0.25, -0.2) is 0 Å². The second kappa shape index (κ2) is 12.8. The quantitative estimate of drug-likeness (QED) is 0.514. The number of hydrogen-bond donors (Lipinski definition) is 2. The molecule has 3 amide bonds. The molecule has 1 aliphatic heterocycles. The smallest absolute Gasteiger partial charge is 0.239 e. The van der Waals surface area contributed by atoms with E-state index in [1.165, 1.54) is 0 Å². The fourth-order valence-electron chi connectivity index (χ4n) is 4.42. The zero-order valence-electron chi connectivity index (χ0n) is 20.7. The molecule has 0 radical (unpaired) electrons. The molecule has 35 heavy (non-hydrogen) atoms. The SMILES string of the molecule is CCCCN1C(=O)CCC(C(=O)NCC(=O)NCc2ccc(OC)cc2)C1c1ccccc1OC. The summed E-state index contributed by atoms with van der Waals surface area (Å²) in [5, 5.41) is 5.61. The highest BCUT2D eigenvalue weighted by atomic mass is 16.5. The first-order valence-electron chi connectivity index (χ1n) is 12.1.